The topological polar surface area (TPSA) is 37.8 Å². The lowest BCUT2D eigenvalue weighted by Crippen LogP contribution is -1.98. The van der Waals surface area contributed by atoms with Gasteiger partial charge in [-0.25, -0.2) is 14.4 Å². The molecule has 0 unspecified atom stereocenters. The second-order valence-corrected chi connectivity index (χ2v) is 4.97. The highest BCUT2D eigenvalue weighted by Crippen LogP contribution is 2.28. The summed E-state index contributed by atoms with van der Waals surface area (Å²) in [7, 11) is 1.76. The molecule has 0 amide bonds. The van der Waals surface area contributed by atoms with E-state index in [1.807, 2.05) is 0 Å². The number of aromatic nitrogens is 2. The number of nitrogens with one attached hydrogen (secondary N) is 1. The number of benzene rings is 1. The van der Waals surface area contributed by atoms with Crippen LogP contribution in [0.5, 0.6) is 0 Å². The predicted molar refractivity (Wildman–Crippen MR) is 72.4 cm³/mol. The molecule has 0 spiro atoms. The molecule has 2 rings (SSSR count). The fraction of sp³-hybridized carbons (Fsp3) is 0.0909. The van der Waals surface area contributed by atoms with E-state index in [4.69, 9.17) is 0 Å². The number of nitrogens with zero attached hydrogens (tertiary/aromatic N) is 2. The van der Waals surface area contributed by atoms with Crippen LogP contribution in [0.25, 0.3) is 11.4 Å². The maximum Gasteiger partial charge on any atom is 0.162 e. The summed E-state index contributed by atoms with van der Waals surface area (Å²) in [5, 5.41) is 2.93. The maximum atomic E-state index is 13.2. The monoisotopic (exact) mass is 359 g/mol. The third-order valence-corrected chi connectivity index (χ3v) is 3.42. The van der Waals surface area contributed by atoms with Gasteiger partial charge < -0.3 is 5.32 Å². The molecule has 3 nitrogen and oxygen atoms in total. The fourth-order valence-electron chi connectivity index (χ4n) is 1.34. The smallest absolute Gasteiger partial charge is 0.162 e. The second-order valence-electron chi connectivity index (χ2n) is 3.26. The quantitative estimate of drug-likeness (QED) is 0.883. The summed E-state index contributed by atoms with van der Waals surface area (Å²) in [5.74, 6) is 0.802. The average Bonchev–Trinajstić information content (AvgIpc) is 2.33. The molecule has 1 heterocycles. The maximum absolute atomic E-state index is 13.2. The number of anilines is 1. The number of hydrogen-bond donors (Lipinski definition) is 1. The lowest BCUT2D eigenvalue weighted by molar-refractivity contribution is 0.628. The van der Waals surface area contributed by atoms with E-state index in [0.29, 0.717) is 17.2 Å². The fourth-order valence-corrected chi connectivity index (χ4v) is 2.15. The molecule has 6 heteroatoms. The normalized spacial score (nSPS) is 10.4. The van der Waals surface area contributed by atoms with Crippen molar-refractivity contribution in [2.75, 3.05) is 12.4 Å². The van der Waals surface area contributed by atoms with E-state index in [9.17, 15) is 4.39 Å². The molecule has 1 aromatic carbocycles. The van der Waals surface area contributed by atoms with Crippen LogP contribution in [0, 0.1) is 5.82 Å². The number of rotatable bonds is 2. The Labute approximate surface area is 115 Å². The Morgan fingerprint density at radius 3 is 2.71 bits per heavy atom. The van der Waals surface area contributed by atoms with Crippen molar-refractivity contribution < 1.29 is 4.39 Å². The molecule has 88 valence electrons. The minimum absolute atomic E-state index is 0.319. The van der Waals surface area contributed by atoms with Gasteiger partial charge in [-0.15, -0.1) is 0 Å². The highest BCUT2D eigenvalue weighted by molar-refractivity contribution is 9.11. The molecule has 0 atom stereocenters. The largest absolute Gasteiger partial charge is 0.372 e. The molecular formula is C11H8Br2FN3. The van der Waals surface area contributed by atoms with Crippen molar-refractivity contribution in [2.45, 2.75) is 0 Å². The lowest BCUT2D eigenvalue weighted by Gasteiger charge is -2.07. The zero-order valence-electron chi connectivity index (χ0n) is 8.84. The molecule has 2 aromatic rings. The minimum Gasteiger partial charge on any atom is -0.372 e. The van der Waals surface area contributed by atoms with Crippen LogP contribution >= 0.6 is 31.9 Å². The van der Waals surface area contributed by atoms with Crippen molar-refractivity contribution in [2.24, 2.45) is 0 Å². The van der Waals surface area contributed by atoms with Crippen LogP contribution in [0.2, 0.25) is 0 Å². The highest BCUT2D eigenvalue weighted by Gasteiger charge is 2.10. The van der Waals surface area contributed by atoms with Crippen LogP contribution in [0.4, 0.5) is 10.2 Å². The Morgan fingerprint density at radius 1 is 1.24 bits per heavy atom. The van der Waals surface area contributed by atoms with E-state index in [-0.39, 0.29) is 5.82 Å². The molecule has 0 aliphatic carbocycles. The van der Waals surface area contributed by atoms with Crippen molar-refractivity contribution in [3.05, 3.63) is 39.2 Å². The molecule has 17 heavy (non-hydrogen) atoms. The van der Waals surface area contributed by atoms with E-state index < -0.39 is 0 Å². The van der Waals surface area contributed by atoms with E-state index in [1.165, 1.54) is 12.1 Å². The summed E-state index contributed by atoms with van der Waals surface area (Å²) in [6, 6.07) is 4.41. The van der Waals surface area contributed by atoms with Gasteiger partial charge in [-0.05, 0) is 34.1 Å². The molecule has 0 saturated carbocycles. The first-order valence-corrected chi connectivity index (χ1v) is 6.36. The first-order chi connectivity index (χ1) is 8.11. The van der Waals surface area contributed by atoms with Crippen LogP contribution in [0.15, 0.2) is 33.3 Å². The molecular weight excluding hydrogens is 353 g/mol. The zero-order chi connectivity index (χ0) is 12.4. The summed E-state index contributed by atoms with van der Waals surface area (Å²) in [6.07, 6.45) is 1.63. The van der Waals surface area contributed by atoms with Crippen LogP contribution < -0.4 is 5.32 Å². The van der Waals surface area contributed by atoms with Crippen LogP contribution in [0.3, 0.4) is 0 Å². The Bertz CT molecular complexity index is 560. The number of hydrogen-bond acceptors (Lipinski definition) is 3. The molecule has 1 aromatic heterocycles. The highest BCUT2D eigenvalue weighted by atomic mass is 79.9. The Kier molecular flexibility index (Phi) is 3.73. The molecule has 0 aliphatic rings. The third kappa shape index (κ3) is 2.63. The van der Waals surface area contributed by atoms with E-state index in [2.05, 4.69) is 47.1 Å². The van der Waals surface area contributed by atoms with Gasteiger partial charge in [-0.3, -0.25) is 0 Å². The van der Waals surface area contributed by atoms with Crippen molar-refractivity contribution in [3.63, 3.8) is 0 Å². The van der Waals surface area contributed by atoms with E-state index in [0.717, 1.165) is 8.95 Å². The van der Waals surface area contributed by atoms with Gasteiger partial charge in [0.25, 0.3) is 0 Å². The molecule has 1 N–H and O–H groups in total. The number of halogens is 3. The van der Waals surface area contributed by atoms with Gasteiger partial charge in [0.05, 0.1) is 4.47 Å². The Hall–Kier alpha value is -1.01. The Balaban J connectivity index is 2.56. The summed E-state index contributed by atoms with van der Waals surface area (Å²) in [4.78, 5) is 8.46. The van der Waals surface area contributed by atoms with Gasteiger partial charge in [0.1, 0.15) is 11.6 Å². The first kappa shape index (κ1) is 12.4. The van der Waals surface area contributed by atoms with Gasteiger partial charge in [0.2, 0.25) is 0 Å². The third-order valence-electron chi connectivity index (χ3n) is 2.15. The molecule has 0 saturated heterocycles. The lowest BCUT2D eigenvalue weighted by atomic mass is 10.2. The van der Waals surface area contributed by atoms with Crippen molar-refractivity contribution in [1.29, 1.82) is 0 Å². The van der Waals surface area contributed by atoms with Gasteiger partial charge >= 0.3 is 0 Å². The van der Waals surface area contributed by atoms with Crippen molar-refractivity contribution in [3.8, 4) is 11.4 Å². The van der Waals surface area contributed by atoms with Crippen LogP contribution in [-0.2, 0) is 0 Å². The van der Waals surface area contributed by atoms with Gasteiger partial charge in [0, 0.05) is 23.3 Å². The van der Waals surface area contributed by atoms with Gasteiger partial charge in [-0.1, -0.05) is 15.9 Å². The van der Waals surface area contributed by atoms with Crippen molar-refractivity contribution >= 4 is 37.7 Å². The molecule has 0 bridgehead atoms. The minimum atomic E-state index is -0.319. The summed E-state index contributed by atoms with van der Waals surface area (Å²) >= 11 is 6.68. The molecule has 0 aliphatic heterocycles. The standard InChI is InChI=1S/C11H8Br2FN3/c1-15-11-9(13)5-16-10(17-11)7-4-6(14)2-3-8(7)12/h2-5H,1H3,(H,15,16,17). The Morgan fingerprint density at radius 2 is 2.00 bits per heavy atom. The van der Waals surface area contributed by atoms with Crippen LogP contribution in [0.1, 0.15) is 0 Å². The average molecular weight is 361 g/mol. The van der Waals surface area contributed by atoms with Crippen LogP contribution in [-0.4, -0.2) is 17.0 Å². The summed E-state index contributed by atoms with van der Waals surface area (Å²) in [6.45, 7) is 0. The van der Waals surface area contributed by atoms with Crippen molar-refractivity contribution in [1.82, 2.24) is 9.97 Å². The first-order valence-electron chi connectivity index (χ1n) is 4.77. The predicted octanol–water partition coefficient (Wildman–Crippen LogP) is 3.85. The van der Waals surface area contributed by atoms with Gasteiger partial charge in [0.15, 0.2) is 5.82 Å². The van der Waals surface area contributed by atoms with Gasteiger partial charge in [-0.2, -0.15) is 0 Å². The van der Waals surface area contributed by atoms with E-state index >= 15 is 0 Å². The summed E-state index contributed by atoms with van der Waals surface area (Å²) in [5.41, 5.74) is 0.619. The van der Waals surface area contributed by atoms with E-state index in [1.54, 1.807) is 19.3 Å². The SMILES string of the molecule is CNc1nc(-c2cc(F)ccc2Br)ncc1Br. The molecule has 0 fully saturated rings. The second kappa shape index (κ2) is 5.10. The molecule has 0 radical (unpaired) electrons. The zero-order valence-corrected chi connectivity index (χ0v) is 12.0. The summed E-state index contributed by atoms with van der Waals surface area (Å²) < 4.78 is 14.7.